The van der Waals surface area contributed by atoms with E-state index < -0.39 is 0 Å². The molecule has 0 aromatic carbocycles. The summed E-state index contributed by atoms with van der Waals surface area (Å²) in [7, 11) is 0. The molecule has 108 valence electrons. The minimum Gasteiger partial charge on any atom is -0.359 e. The summed E-state index contributed by atoms with van der Waals surface area (Å²) < 4.78 is 6.01. The molecule has 1 N–H and O–H groups in total. The number of hydrogen-bond donors (Lipinski definition) is 1. The molecule has 2 rings (SSSR count). The highest BCUT2D eigenvalue weighted by Crippen LogP contribution is 2.31. The second-order valence-corrected chi connectivity index (χ2v) is 6.51. The largest absolute Gasteiger partial charge is 0.359 e. The summed E-state index contributed by atoms with van der Waals surface area (Å²) in [6, 6.07) is 0.695. The van der Waals surface area contributed by atoms with E-state index in [0.717, 1.165) is 13.0 Å². The van der Waals surface area contributed by atoms with E-state index in [4.69, 9.17) is 4.74 Å². The zero-order valence-electron chi connectivity index (χ0n) is 12.3. The number of hydrogen-bond acceptors (Lipinski definition) is 3. The van der Waals surface area contributed by atoms with Crippen LogP contribution in [0, 0.1) is 0 Å². The van der Waals surface area contributed by atoms with Crippen LogP contribution in [0.15, 0.2) is 0 Å². The summed E-state index contributed by atoms with van der Waals surface area (Å²) in [5.74, 6) is 0. The standard InChI is InChI=1S/C14H28N2O.ClH/c1-5-16-9-7-6-8-12(16)10-14(4)15-13(2,3)11-17-14;/h12,15H,5-11H2,1-4H3;1H. The van der Waals surface area contributed by atoms with Gasteiger partial charge in [0.25, 0.3) is 0 Å². The lowest BCUT2D eigenvalue weighted by Gasteiger charge is -2.39. The Morgan fingerprint density at radius 1 is 1.28 bits per heavy atom. The maximum absolute atomic E-state index is 6.01. The monoisotopic (exact) mass is 276 g/mol. The van der Waals surface area contributed by atoms with E-state index >= 15 is 0 Å². The first-order valence-corrected chi connectivity index (χ1v) is 7.11. The zero-order chi connectivity index (χ0) is 12.5. The third-order valence-corrected chi connectivity index (χ3v) is 4.13. The van der Waals surface area contributed by atoms with Crippen LogP contribution in [0.1, 0.15) is 53.4 Å². The lowest BCUT2D eigenvalue weighted by molar-refractivity contribution is -0.0281. The molecule has 2 saturated heterocycles. The fraction of sp³-hybridized carbons (Fsp3) is 1.00. The van der Waals surface area contributed by atoms with Gasteiger partial charge in [-0.05, 0) is 46.7 Å². The van der Waals surface area contributed by atoms with E-state index in [1.165, 1.54) is 32.4 Å². The van der Waals surface area contributed by atoms with Gasteiger partial charge in [0.05, 0.1) is 6.61 Å². The van der Waals surface area contributed by atoms with Gasteiger partial charge in [-0.15, -0.1) is 12.4 Å². The Labute approximate surface area is 118 Å². The van der Waals surface area contributed by atoms with Gasteiger partial charge in [-0.25, -0.2) is 0 Å². The number of ether oxygens (including phenoxy) is 1. The molecule has 0 spiro atoms. The van der Waals surface area contributed by atoms with E-state index in [1.54, 1.807) is 0 Å². The first-order valence-electron chi connectivity index (χ1n) is 7.11. The van der Waals surface area contributed by atoms with E-state index in [9.17, 15) is 0 Å². The van der Waals surface area contributed by atoms with Gasteiger partial charge in [-0.1, -0.05) is 13.3 Å². The molecule has 0 amide bonds. The van der Waals surface area contributed by atoms with Gasteiger partial charge in [-0.2, -0.15) is 0 Å². The van der Waals surface area contributed by atoms with Crippen LogP contribution >= 0.6 is 12.4 Å². The molecule has 0 aromatic heterocycles. The summed E-state index contributed by atoms with van der Waals surface area (Å²) in [6.45, 7) is 12.2. The molecule has 3 nitrogen and oxygen atoms in total. The van der Waals surface area contributed by atoms with Gasteiger partial charge < -0.3 is 9.64 Å². The second-order valence-electron chi connectivity index (χ2n) is 6.51. The van der Waals surface area contributed by atoms with Crippen LogP contribution < -0.4 is 5.32 Å². The molecule has 0 radical (unpaired) electrons. The van der Waals surface area contributed by atoms with Crippen molar-refractivity contribution in [1.29, 1.82) is 0 Å². The fourth-order valence-corrected chi connectivity index (χ4v) is 3.39. The number of halogens is 1. The Balaban J connectivity index is 0.00000162. The molecule has 2 fully saturated rings. The smallest absolute Gasteiger partial charge is 0.118 e. The molecule has 0 aliphatic carbocycles. The van der Waals surface area contributed by atoms with Crippen LogP contribution in [0.3, 0.4) is 0 Å². The molecule has 2 atom stereocenters. The number of nitrogens with zero attached hydrogens (tertiary/aromatic N) is 1. The first-order chi connectivity index (χ1) is 7.94. The maximum atomic E-state index is 6.01. The van der Waals surface area contributed by atoms with Crippen molar-refractivity contribution in [3.8, 4) is 0 Å². The summed E-state index contributed by atoms with van der Waals surface area (Å²) in [5.41, 5.74) is -0.000607. The van der Waals surface area contributed by atoms with Crippen LogP contribution in [0.5, 0.6) is 0 Å². The normalized spacial score (nSPS) is 36.3. The van der Waals surface area contributed by atoms with Crippen molar-refractivity contribution >= 4 is 12.4 Å². The van der Waals surface area contributed by atoms with Crippen molar-refractivity contribution in [3.63, 3.8) is 0 Å². The highest BCUT2D eigenvalue weighted by atomic mass is 35.5. The summed E-state index contributed by atoms with van der Waals surface area (Å²) in [6.07, 6.45) is 5.18. The van der Waals surface area contributed by atoms with Crippen LogP contribution in [0.4, 0.5) is 0 Å². The molecular weight excluding hydrogens is 248 g/mol. The highest BCUT2D eigenvalue weighted by Gasteiger charge is 2.42. The molecular formula is C14H29ClN2O. The number of likely N-dealkylation sites (tertiary alicyclic amines) is 1. The molecule has 2 aliphatic rings. The van der Waals surface area contributed by atoms with Crippen molar-refractivity contribution < 1.29 is 4.74 Å². The minimum atomic E-state index is -0.126. The Kier molecular flexibility index (Phi) is 5.48. The van der Waals surface area contributed by atoms with Gasteiger partial charge in [0.1, 0.15) is 5.72 Å². The van der Waals surface area contributed by atoms with Crippen LogP contribution in [-0.4, -0.2) is 41.9 Å². The van der Waals surface area contributed by atoms with Crippen LogP contribution in [0.25, 0.3) is 0 Å². The molecule has 2 unspecified atom stereocenters. The van der Waals surface area contributed by atoms with Crippen molar-refractivity contribution in [3.05, 3.63) is 0 Å². The number of rotatable bonds is 3. The Bertz CT molecular complexity index is 273. The third kappa shape index (κ3) is 3.83. The highest BCUT2D eigenvalue weighted by molar-refractivity contribution is 5.85. The van der Waals surface area contributed by atoms with Crippen LogP contribution in [0.2, 0.25) is 0 Å². The Morgan fingerprint density at radius 3 is 2.56 bits per heavy atom. The third-order valence-electron chi connectivity index (χ3n) is 4.13. The second kappa shape index (κ2) is 6.08. The Hall–Kier alpha value is 0.170. The lowest BCUT2D eigenvalue weighted by atomic mass is 9.94. The maximum Gasteiger partial charge on any atom is 0.118 e. The van der Waals surface area contributed by atoms with E-state index in [2.05, 4.69) is 37.9 Å². The van der Waals surface area contributed by atoms with Gasteiger partial charge in [0, 0.05) is 18.0 Å². The Morgan fingerprint density at radius 2 is 2.00 bits per heavy atom. The van der Waals surface area contributed by atoms with Crippen molar-refractivity contribution in [2.24, 2.45) is 0 Å². The quantitative estimate of drug-likeness (QED) is 0.858. The van der Waals surface area contributed by atoms with E-state index in [-0.39, 0.29) is 23.7 Å². The molecule has 18 heavy (non-hydrogen) atoms. The minimum absolute atomic E-state index is 0. The summed E-state index contributed by atoms with van der Waals surface area (Å²) in [4.78, 5) is 2.62. The van der Waals surface area contributed by atoms with Gasteiger partial charge in [0.15, 0.2) is 0 Å². The van der Waals surface area contributed by atoms with Gasteiger partial charge >= 0.3 is 0 Å². The van der Waals surface area contributed by atoms with E-state index in [0.29, 0.717) is 6.04 Å². The molecule has 0 bridgehead atoms. The summed E-state index contributed by atoms with van der Waals surface area (Å²) in [5, 5.41) is 3.65. The molecule has 2 aliphatic heterocycles. The predicted octanol–water partition coefficient (Wildman–Crippen LogP) is 2.79. The number of piperidine rings is 1. The van der Waals surface area contributed by atoms with E-state index in [1.807, 2.05) is 0 Å². The van der Waals surface area contributed by atoms with Crippen molar-refractivity contribution in [2.75, 3.05) is 19.7 Å². The van der Waals surface area contributed by atoms with Gasteiger partial charge in [-0.3, -0.25) is 5.32 Å². The lowest BCUT2D eigenvalue weighted by Crippen LogP contribution is -2.51. The number of nitrogens with one attached hydrogen (secondary N) is 1. The SMILES string of the molecule is CCN1CCCCC1CC1(C)NC(C)(C)CO1.Cl. The molecule has 0 aromatic rings. The molecule has 0 saturated carbocycles. The topological polar surface area (TPSA) is 24.5 Å². The molecule has 2 heterocycles. The van der Waals surface area contributed by atoms with Gasteiger partial charge in [0.2, 0.25) is 0 Å². The zero-order valence-corrected chi connectivity index (χ0v) is 13.1. The van der Waals surface area contributed by atoms with Crippen molar-refractivity contribution in [1.82, 2.24) is 10.2 Å². The summed E-state index contributed by atoms with van der Waals surface area (Å²) >= 11 is 0. The molecule has 4 heteroatoms. The predicted molar refractivity (Wildman–Crippen MR) is 78.3 cm³/mol. The average Bonchev–Trinajstić information content (AvgIpc) is 2.53. The first kappa shape index (κ1) is 16.2. The fourth-order valence-electron chi connectivity index (χ4n) is 3.39. The average molecular weight is 277 g/mol. The van der Waals surface area contributed by atoms with Crippen molar-refractivity contribution in [2.45, 2.75) is 70.7 Å². The van der Waals surface area contributed by atoms with Crippen LogP contribution in [-0.2, 0) is 4.74 Å².